The number of H-pyrrole nitrogens is 1. The van der Waals surface area contributed by atoms with Crippen molar-refractivity contribution in [3.05, 3.63) is 33.4 Å². The fourth-order valence-electron chi connectivity index (χ4n) is 2.25. The average molecular weight is 324 g/mol. The molecule has 0 unspecified atom stereocenters. The van der Waals surface area contributed by atoms with Gasteiger partial charge in [0.15, 0.2) is 0 Å². The van der Waals surface area contributed by atoms with Crippen molar-refractivity contribution < 1.29 is 4.74 Å². The zero-order valence-electron chi connectivity index (χ0n) is 11.4. The second-order valence-electron chi connectivity index (χ2n) is 4.57. The molecule has 0 spiro atoms. The van der Waals surface area contributed by atoms with Crippen molar-refractivity contribution in [3.63, 3.8) is 0 Å². The molecule has 19 heavy (non-hydrogen) atoms. The predicted octanol–water partition coefficient (Wildman–Crippen LogP) is 2.97. The highest BCUT2D eigenvalue weighted by Gasteiger charge is 2.17. The second kappa shape index (κ2) is 5.75. The van der Waals surface area contributed by atoms with Gasteiger partial charge in [-0.2, -0.15) is 5.10 Å². The quantitative estimate of drug-likeness (QED) is 0.909. The Labute approximate surface area is 121 Å². The number of ether oxygens (including phenoxy) is 1. The molecule has 1 aromatic carbocycles. The lowest BCUT2D eigenvalue weighted by molar-refractivity contribution is 0.413. The van der Waals surface area contributed by atoms with Crippen LogP contribution in [0.2, 0.25) is 0 Å². The number of rotatable bonds is 4. The minimum Gasteiger partial charge on any atom is -0.496 e. The van der Waals surface area contributed by atoms with Crippen molar-refractivity contribution in [1.82, 2.24) is 10.2 Å². The van der Waals surface area contributed by atoms with Gasteiger partial charge in [0.25, 0.3) is 0 Å². The van der Waals surface area contributed by atoms with Gasteiger partial charge in [-0.15, -0.1) is 0 Å². The molecule has 0 aliphatic carbocycles. The maximum atomic E-state index is 5.59. The highest BCUT2D eigenvalue weighted by atomic mass is 79.9. The number of aromatic nitrogens is 2. The van der Waals surface area contributed by atoms with Crippen LogP contribution in [0.3, 0.4) is 0 Å². The van der Waals surface area contributed by atoms with Crippen molar-refractivity contribution >= 4 is 15.9 Å². The summed E-state index contributed by atoms with van der Waals surface area (Å²) in [6.07, 6.45) is 0.765. The van der Waals surface area contributed by atoms with Crippen LogP contribution in [0.25, 0.3) is 11.3 Å². The van der Waals surface area contributed by atoms with Crippen molar-refractivity contribution in [1.29, 1.82) is 0 Å². The Morgan fingerprint density at radius 2 is 2.11 bits per heavy atom. The van der Waals surface area contributed by atoms with E-state index in [-0.39, 0.29) is 0 Å². The highest BCUT2D eigenvalue weighted by molar-refractivity contribution is 9.10. The van der Waals surface area contributed by atoms with Crippen LogP contribution in [0.5, 0.6) is 5.75 Å². The Bertz CT molecular complexity index is 593. The number of aromatic amines is 1. The van der Waals surface area contributed by atoms with Crippen molar-refractivity contribution in [3.8, 4) is 17.0 Å². The Kier molecular flexibility index (Phi) is 4.27. The molecule has 102 valence electrons. The van der Waals surface area contributed by atoms with Gasteiger partial charge >= 0.3 is 0 Å². The third kappa shape index (κ3) is 2.67. The summed E-state index contributed by atoms with van der Waals surface area (Å²) in [6, 6.07) is 4.18. The van der Waals surface area contributed by atoms with E-state index < -0.39 is 0 Å². The first-order valence-electron chi connectivity index (χ1n) is 6.17. The Hall–Kier alpha value is -1.33. The van der Waals surface area contributed by atoms with E-state index in [4.69, 9.17) is 10.5 Å². The Balaban J connectivity index is 2.58. The predicted molar refractivity (Wildman–Crippen MR) is 80.5 cm³/mol. The fourth-order valence-corrected chi connectivity index (χ4v) is 2.84. The highest BCUT2D eigenvalue weighted by Crippen LogP contribution is 2.37. The van der Waals surface area contributed by atoms with Gasteiger partial charge in [0.05, 0.1) is 17.3 Å². The summed E-state index contributed by atoms with van der Waals surface area (Å²) in [5.74, 6) is 0.858. The molecule has 5 heteroatoms. The number of methoxy groups -OCH3 is 1. The molecule has 3 N–H and O–H groups in total. The van der Waals surface area contributed by atoms with Crippen LogP contribution in [-0.4, -0.2) is 23.9 Å². The van der Waals surface area contributed by atoms with Gasteiger partial charge in [-0.3, -0.25) is 5.10 Å². The van der Waals surface area contributed by atoms with E-state index in [2.05, 4.69) is 45.2 Å². The molecule has 0 atom stereocenters. The Morgan fingerprint density at radius 1 is 1.37 bits per heavy atom. The van der Waals surface area contributed by atoms with Gasteiger partial charge < -0.3 is 10.5 Å². The van der Waals surface area contributed by atoms with Crippen LogP contribution in [0.4, 0.5) is 0 Å². The van der Waals surface area contributed by atoms with Gasteiger partial charge in [0.1, 0.15) is 11.4 Å². The second-order valence-corrected chi connectivity index (χ2v) is 5.36. The lowest BCUT2D eigenvalue weighted by Gasteiger charge is -2.11. The summed E-state index contributed by atoms with van der Waals surface area (Å²) < 4.78 is 6.47. The van der Waals surface area contributed by atoms with Crippen molar-refractivity contribution in [2.75, 3.05) is 13.7 Å². The van der Waals surface area contributed by atoms with Gasteiger partial charge in [-0.05, 0) is 53.5 Å². The number of halogens is 1. The SMILES string of the molecule is COc1c(C)cc(C)cc1-c1n[nH]c(CCN)c1Br. The average Bonchev–Trinajstić information content (AvgIpc) is 2.71. The number of hydrogen-bond acceptors (Lipinski definition) is 3. The third-order valence-electron chi connectivity index (χ3n) is 3.05. The molecule has 2 aromatic rings. The summed E-state index contributed by atoms with van der Waals surface area (Å²) in [7, 11) is 1.68. The van der Waals surface area contributed by atoms with E-state index in [1.165, 1.54) is 5.56 Å². The standard InChI is InChI=1S/C14H18BrN3O/c1-8-6-9(2)14(19-3)10(7-8)13-12(15)11(4-5-16)17-18-13/h6-7H,4-5,16H2,1-3H3,(H,17,18). The van der Waals surface area contributed by atoms with Crippen LogP contribution >= 0.6 is 15.9 Å². The maximum Gasteiger partial charge on any atom is 0.131 e. The minimum atomic E-state index is 0.588. The number of nitrogens with two attached hydrogens (primary N) is 1. The first-order valence-corrected chi connectivity index (χ1v) is 6.96. The van der Waals surface area contributed by atoms with E-state index in [0.29, 0.717) is 6.54 Å². The normalized spacial score (nSPS) is 10.8. The zero-order valence-corrected chi connectivity index (χ0v) is 13.0. The summed E-state index contributed by atoms with van der Waals surface area (Å²) in [4.78, 5) is 0. The van der Waals surface area contributed by atoms with Crippen LogP contribution in [0.1, 0.15) is 16.8 Å². The molecule has 2 rings (SSSR count). The van der Waals surface area contributed by atoms with E-state index in [1.54, 1.807) is 7.11 Å². The van der Waals surface area contributed by atoms with Crippen LogP contribution in [0, 0.1) is 13.8 Å². The molecule has 0 aliphatic heterocycles. The van der Waals surface area contributed by atoms with E-state index >= 15 is 0 Å². The van der Waals surface area contributed by atoms with Crippen LogP contribution < -0.4 is 10.5 Å². The molecule has 0 aliphatic rings. The van der Waals surface area contributed by atoms with E-state index in [9.17, 15) is 0 Å². The molecule has 0 bridgehead atoms. The molecular formula is C14H18BrN3O. The van der Waals surface area contributed by atoms with Crippen molar-refractivity contribution in [2.45, 2.75) is 20.3 Å². The topological polar surface area (TPSA) is 63.9 Å². The summed E-state index contributed by atoms with van der Waals surface area (Å²) in [5, 5.41) is 7.42. The first kappa shape index (κ1) is 14.1. The number of benzene rings is 1. The third-order valence-corrected chi connectivity index (χ3v) is 3.90. The number of nitrogens with zero attached hydrogens (tertiary/aromatic N) is 1. The van der Waals surface area contributed by atoms with Crippen LogP contribution in [-0.2, 0) is 6.42 Å². The molecule has 1 heterocycles. The first-order chi connectivity index (χ1) is 9.08. The van der Waals surface area contributed by atoms with Gasteiger partial charge in [0, 0.05) is 12.0 Å². The molecule has 4 nitrogen and oxygen atoms in total. The van der Waals surface area contributed by atoms with Gasteiger partial charge in [-0.25, -0.2) is 0 Å². The lowest BCUT2D eigenvalue weighted by Crippen LogP contribution is -2.03. The van der Waals surface area contributed by atoms with E-state index in [1.807, 2.05) is 6.92 Å². The largest absolute Gasteiger partial charge is 0.496 e. The van der Waals surface area contributed by atoms with Crippen molar-refractivity contribution in [2.24, 2.45) is 5.73 Å². The Morgan fingerprint density at radius 3 is 2.74 bits per heavy atom. The number of aryl methyl sites for hydroxylation is 2. The van der Waals surface area contributed by atoms with E-state index in [0.717, 1.165) is 39.2 Å². The smallest absolute Gasteiger partial charge is 0.131 e. The molecule has 0 saturated carbocycles. The zero-order chi connectivity index (χ0) is 14.0. The number of hydrogen-bond donors (Lipinski definition) is 2. The van der Waals surface area contributed by atoms with Gasteiger partial charge in [0.2, 0.25) is 0 Å². The number of nitrogens with one attached hydrogen (secondary N) is 1. The monoisotopic (exact) mass is 323 g/mol. The molecule has 0 saturated heterocycles. The molecule has 0 fully saturated rings. The van der Waals surface area contributed by atoms with Crippen LogP contribution in [0.15, 0.2) is 16.6 Å². The summed E-state index contributed by atoms with van der Waals surface area (Å²) in [5.41, 5.74) is 10.7. The fraction of sp³-hybridized carbons (Fsp3) is 0.357. The molecule has 0 amide bonds. The molecule has 1 aromatic heterocycles. The molecular weight excluding hydrogens is 306 g/mol. The summed E-state index contributed by atoms with van der Waals surface area (Å²) >= 11 is 3.60. The van der Waals surface area contributed by atoms with Gasteiger partial charge in [-0.1, -0.05) is 6.07 Å². The summed E-state index contributed by atoms with van der Waals surface area (Å²) in [6.45, 7) is 4.69. The maximum absolute atomic E-state index is 5.59. The minimum absolute atomic E-state index is 0.588. The lowest BCUT2D eigenvalue weighted by atomic mass is 10.0. The molecule has 0 radical (unpaired) electrons.